The van der Waals surface area contributed by atoms with Gasteiger partial charge in [-0.3, -0.25) is 9.69 Å². The van der Waals surface area contributed by atoms with Gasteiger partial charge in [-0.25, -0.2) is 0 Å². The van der Waals surface area contributed by atoms with Crippen LogP contribution in [0.25, 0.3) is 0 Å². The highest BCUT2D eigenvalue weighted by molar-refractivity contribution is 5.66. The van der Waals surface area contributed by atoms with Crippen molar-refractivity contribution in [1.29, 1.82) is 0 Å². The van der Waals surface area contributed by atoms with Gasteiger partial charge in [0.15, 0.2) is 0 Å². The summed E-state index contributed by atoms with van der Waals surface area (Å²) < 4.78 is 5.27. The minimum Gasteiger partial charge on any atom is -0.481 e. The maximum Gasteiger partial charge on any atom is 0.303 e. The van der Waals surface area contributed by atoms with E-state index < -0.39 is 5.97 Å². The maximum atomic E-state index is 10.4. The first-order valence-corrected chi connectivity index (χ1v) is 5.70. The minimum atomic E-state index is -0.687. The zero-order chi connectivity index (χ0) is 11.1. The molecule has 1 atom stereocenters. The number of carbonyl (C=O) groups is 1. The van der Waals surface area contributed by atoms with E-state index in [9.17, 15) is 4.79 Å². The molecule has 1 fully saturated rings. The standard InChI is InChI=1S/C11H21NO3/c1-10(2-3-11(13)14)4-5-12-6-8-15-9-7-12/h10H,2-9H2,1H3,(H,13,14). The molecule has 15 heavy (non-hydrogen) atoms. The zero-order valence-electron chi connectivity index (χ0n) is 9.45. The highest BCUT2D eigenvalue weighted by atomic mass is 16.5. The van der Waals surface area contributed by atoms with Gasteiger partial charge >= 0.3 is 5.97 Å². The molecule has 1 rings (SSSR count). The molecule has 1 unspecified atom stereocenters. The van der Waals surface area contributed by atoms with Crippen molar-refractivity contribution in [2.75, 3.05) is 32.8 Å². The molecule has 0 aromatic rings. The van der Waals surface area contributed by atoms with Crippen molar-refractivity contribution in [2.45, 2.75) is 26.2 Å². The van der Waals surface area contributed by atoms with Gasteiger partial charge in [-0.05, 0) is 25.3 Å². The van der Waals surface area contributed by atoms with Crippen molar-refractivity contribution in [2.24, 2.45) is 5.92 Å². The Bertz CT molecular complexity index is 190. The Hall–Kier alpha value is -0.610. The number of hydrogen-bond donors (Lipinski definition) is 1. The van der Waals surface area contributed by atoms with Crippen LogP contribution in [0.4, 0.5) is 0 Å². The van der Waals surface area contributed by atoms with Gasteiger partial charge in [0.2, 0.25) is 0 Å². The molecule has 0 aromatic heterocycles. The summed E-state index contributed by atoms with van der Waals surface area (Å²) in [6.07, 6.45) is 2.18. The third-order valence-electron chi connectivity index (χ3n) is 2.89. The Morgan fingerprint density at radius 1 is 1.40 bits per heavy atom. The number of nitrogens with zero attached hydrogens (tertiary/aromatic N) is 1. The van der Waals surface area contributed by atoms with Crippen LogP contribution in [0.3, 0.4) is 0 Å². The van der Waals surface area contributed by atoms with Crippen molar-refractivity contribution in [1.82, 2.24) is 4.90 Å². The fraction of sp³-hybridized carbons (Fsp3) is 0.909. The van der Waals surface area contributed by atoms with E-state index in [2.05, 4.69) is 11.8 Å². The van der Waals surface area contributed by atoms with Gasteiger partial charge in [-0.2, -0.15) is 0 Å². The fourth-order valence-corrected chi connectivity index (χ4v) is 1.74. The molecule has 0 aromatic carbocycles. The summed E-state index contributed by atoms with van der Waals surface area (Å²) in [7, 11) is 0. The third kappa shape index (κ3) is 5.74. The topological polar surface area (TPSA) is 49.8 Å². The molecule has 1 heterocycles. The second kappa shape index (κ2) is 6.80. The summed E-state index contributed by atoms with van der Waals surface area (Å²) in [6, 6.07) is 0. The molecule has 0 aliphatic carbocycles. The van der Waals surface area contributed by atoms with Crippen LogP contribution in [-0.4, -0.2) is 48.8 Å². The predicted octanol–water partition coefficient (Wildman–Crippen LogP) is 1.21. The van der Waals surface area contributed by atoms with Crippen molar-refractivity contribution < 1.29 is 14.6 Å². The average molecular weight is 215 g/mol. The van der Waals surface area contributed by atoms with Crippen LogP contribution in [0, 0.1) is 5.92 Å². The van der Waals surface area contributed by atoms with E-state index in [1.165, 1.54) is 0 Å². The summed E-state index contributed by atoms with van der Waals surface area (Å²) in [6.45, 7) is 6.91. The van der Waals surface area contributed by atoms with E-state index in [4.69, 9.17) is 9.84 Å². The van der Waals surface area contributed by atoms with E-state index >= 15 is 0 Å². The summed E-state index contributed by atoms with van der Waals surface area (Å²) in [5, 5.41) is 8.55. The number of aliphatic carboxylic acids is 1. The molecule has 88 valence electrons. The second-order valence-electron chi connectivity index (χ2n) is 4.28. The molecule has 4 nitrogen and oxygen atoms in total. The van der Waals surface area contributed by atoms with Crippen LogP contribution in [0.15, 0.2) is 0 Å². The number of morpholine rings is 1. The maximum absolute atomic E-state index is 10.4. The van der Waals surface area contributed by atoms with E-state index in [0.29, 0.717) is 12.3 Å². The van der Waals surface area contributed by atoms with Gasteiger partial charge in [0, 0.05) is 19.5 Å². The number of rotatable bonds is 6. The lowest BCUT2D eigenvalue weighted by molar-refractivity contribution is -0.137. The Kier molecular flexibility index (Phi) is 5.65. The average Bonchev–Trinajstić information content (AvgIpc) is 2.25. The molecule has 1 aliphatic rings. The van der Waals surface area contributed by atoms with E-state index in [0.717, 1.165) is 45.7 Å². The monoisotopic (exact) mass is 215 g/mol. The Labute approximate surface area is 91.2 Å². The van der Waals surface area contributed by atoms with E-state index in [-0.39, 0.29) is 0 Å². The Balaban J connectivity index is 2.04. The lowest BCUT2D eigenvalue weighted by atomic mass is 10.0. The molecule has 0 radical (unpaired) electrons. The highest BCUT2D eigenvalue weighted by Gasteiger charge is 2.12. The number of hydrogen-bond acceptors (Lipinski definition) is 3. The zero-order valence-corrected chi connectivity index (χ0v) is 9.45. The van der Waals surface area contributed by atoms with Crippen LogP contribution < -0.4 is 0 Å². The summed E-state index contributed by atoms with van der Waals surface area (Å²) in [5.41, 5.74) is 0. The summed E-state index contributed by atoms with van der Waals surface area (Å²) >= 11 is 0. The third-order valence-corrected chi connectivity index (χ3v) is 2.89. The van der Waals surface area contributed by atoms with Crippen molar-refractivity contribution in [3.63, 3.8) is 0 Å². The molecular formula is C11H21NO3. The molecule has 0 spiro atoms. The van der Waals surface area contributed by atoms with Crippen LogP contribution in [-0.2, 0) is 9.53 Å². The Morgan fingerprint density at radius 2 is 2.07 bits per heavy atom. The smallest absolute Gasteiger partial charge is 0.303 e. The normalized spacial score (nSPS) is 20.1. The van der Waals surface area contributed by atoms with Gasteiger partial charge in [-0.15, -0.1) is 0 Å². The first-order chi connectivity index (χ1) is 7.18. The van der Waals surface area contributed by atoms with Gasteiger partial charge < -0.3 is 9.84 Å². The first-order valence-electron chi connectivity index (χ1n) is 5.70. The number of ether oxygens (including phenoxy) is 1. The fourth-order valence-electron chi connectivity index (χ4n) is 1.74. The lowest BCUT2D eigenvalue weighted by Crippen LogP contribution is -2.37. The molecule has 1 aliphatic heterocycles. The SMILES string of the molecule is CC(CCC(=O)O)CCN1CCOCC1. The predicted molar refractivity (Wildman–Crippen MR) is 57.9 cm³/mol. The number of carboxylic acid groups (broad SMARTS) is 1. The lowest BCUT2D eigenvalue weighted by Gasteiger charge is -2.27. The molecule has 4 heteroatoms. The first kappa shape index (κ1) is 12.5. The van der Waals surface area contributed by atoms with Gasteiger partial charge in [0.1, 0.15) is 0 Å². The van der Waals surface area contributed by atoms with Gasteiger partial charge in [0.25, 0.3) is 0 Å². The van der Waals surface area contributed by atoms with Crippen LogP contribution >= 0.6 is 0 Å². The second-order valence-corrected chi connectivity index (χ2v) is 4.28. The molecule has 1 N–H and O–H groups in total. The summed E-state index contributed by atoms with van der Waals surface area (Å²) in [4.78, 5) is 12.8. The minimum absolute atomic E-state index is 0.296. The van der Waals surface area contributed by atoms with Crippen LogP contribution in [0.2, 0.25) is 0 Å². The van der Waals surface area contributed by atoms with Crippen molar-refractivity contribution in [3.05, 3.63) is 0 Å². The van der Waals surface area contributed by atoms with Crippen molar-refractivity contribution in [3.8, 4) is 0 Å². The highest BCUT2D eigenvalue weighted by Crippen LogP contribution is 2.11. The molecular weight excluding hydrogens is 194 g/mol. The quantitative estimate of drug-likeness (QED) is 0.723. The largest absolute Gasteiger partial charge is 0.481 e. The molecule has 0 amide bonds. The van der Waals surface area contributed by atoms with Gasteiger partial charge in [-0.1, -0.05) is 6.92 Å². The van der Waals surface area contributed by atoms with E-state index in [1.807, 2.05) is 0 Å². The van der Waals surface area contributed by atoms with Crippen molar-refractivity contribution >= 4 is 5.97 Å². The van der Waals surface area contributed by atoms with Crippen LogP contribution in [0.1, 0.15) is 26.2 Å². The molecule has 1 saturated heterocycles. The molecule has 0 saturated carbocycles. The number of carboxylic acids is 1. The Morgan fingerprint density at radius 3 is 2.67 bits per heavy atom. The van der Waals surface area contributed by atoms with Gasteiger partial charge in [0.05, 0.1) is 13.2 Å². The van der Waals surface area contributed by atoms with Crippen LogP contribution in [0.5, 0.6) is 0 Å². The van der Waals surface area contributed by atoms with E-state index in [1.54, 1.807) is 0 Å². The summed E-state index contributed by atoms with van der Waals surface area (Å²) in [5.74, 6) is -0.183. The molecule has 0 bridgehead atoms.